The average molecular weight is 388 g/mol. The number of Topliss-reactive ketones (excluding diaryl/α,β-unsaturated/α-hetero) is 1. The molecule has 1 aliphatic heterocycles. The van der Waals surface area contributed by atoms with Crippen LogP contribution in [-0.4, -0.2) is 63.0 Å². The summed E-state index contributed by atoms with van der Waals surface area (Å²) in [6.45, 7) is 3.76. The molecule has 4 atom stereocenters. The van der Waals surface area contributed by atoms with Crippen molar-refractivity contribution < 1.29 is 28.5 Å². The summed E-state index contributed by atoms with van der Waals surface area (Å²) in [7, 11) is 1.55. The molecule has 1 saturated heterocycles. The standard InChI is InChI=1S/C20H37NO6/c1-4-5-6-7-8-9-10-11-16-20(27-18(23)12-21)19(24-3)17(14-26-16)25-13-15(2)22/h16-17,19-20H,4-14,21H2,1-3H3/t16-,17+,19-,20+/m0/s1. The third-order valence-electron chi connectivity index (χ3n) is 4.83. The number of methoxy groups -OCH3 is 1. The van der Waals surface area contributed by atoms with Crippen molar-refractivity contribution in [3.63, 3.8) is 0 Å². The monoisotopic (exact) mass is 387 g/mol. The normalized spacial score (nSPS) is 25.3. The van der Waals surface area contributed by atoms with Crippen LogP contribution in [0.15, 0.2) is 0 Å². The fourth-order valence-corrected chi connectivity index (χ4v) is 3.38. The first kappa shape index (κ1) is 24.0. The van der Waals surface area contributed by atoms with Gasteiger partial charge >= 0.3 is 5.97 Å². The molecule has 7 heteroatoms. The fraction of sp³-hybridized carbons (Fsp3) is 0.900. The Morgan fingerprint density at radius 2 is 1.74 bits per heavy atom. The van der Waals surface area contributed by atoms with Gasteiger partial charge in [-0.15, -0.1) is 0 Å². The van der Waals surface area contributed by atoms with E-state index in [1.165, 1.54) is 39.0 Å². The SMILES string of the molecule is CCCCCCCCC[C@@H]1OC[C@@H](OCC(C)=O)[C@H](OC)[C@@H]1OC(=O)CN. The van der Waals surface area contributed by atoms with Gasteiger partial charge in [-0.1, -0.05) is 51.9 Å². The number of carbonyl (C=O) groups is 2. The van der Waals surface area contributed by atoms with Gasteiger partial charge in [-0.25, -0.2) is 0 Å². The molecule has 0 bridgehead atoms. The molecule has 0 radical (unpaired) electrons. The topological polar surface area (TPSA) is 97.1 Å². The Morgan fingerprint density at radius 3 is 2.33 bits per heavy atom. The molecule has 7 nitrogen and oxygen atoms in total. The molecule has 158 valence electrons. The highest BCUT2D eigenvalue weighted by Gasteiger charge is 2.43. The van der Waals surface area contributed by atoms with E-state index in [2.05, 4.69) is 6.92 Å². The molecule has 27 heavy (non-hydrogen) atoms. The summed E-state index contributed by atoms with van der Waals surface area (Å²) in [5.74, 6) is -0.576. The van der Waals surface area contributed by atoms with E-state index in [-0.39, 0.29) is 25.0 Å². The van der Waals surface area contributed by atoms with Crippen LogP contribution in [0.1, 0.15) is 65.2 Å². The summed E-state index contributed by atoms with van der Waals surface area (Å²) in [6.07, 6.45) is 7.42. The summed E-state index contributed by atoms with van der Waals surface area (Å²) >= 11 is 0. The van der Waals surface area contributed by atoms with Gasteiger partial charge < -0.3 is 24.7 Å². The van der Waals surface area contributed by atoms with E-state index in [4.69, 9.17) is 24.7 Å². The number of unbranched alkanes of at least 4 members (excludes halogenated alkanes) is 6. The predicted octanol–water partition coefficient (Wildman–Crippen LogP) is 2.39. The molecule has 0 unspecified atom stereocenters. The van der Waals surface area contributed by atoms with E-state index in [0.717, 1.165) is 19.3 Å². The van der Waals surface area contributed by atoms with Gasteiger partial charge in [0.25, 0.3) is 0 Å². The van der Waals surface area contributed by atoms with E-state index in [1.807, 2.05) is 0 Å². The molecule has 1 heterocycles. The molecule has 0 amide bonds. The lowest BCUT2D eigenvalue weighted by Gasteiger charge is -2.41. The third kappa shape index (κ3) is 9.14. The minimum atomic E-state index is -0.586. The Hall–Kier alpha value is -1.02. The van der Waals surface area contributed by atoms with Gasteiger partial charge in [-0.05, 0) is 13.3 Å². The Bertz CT molecular complexity index is 431. The summed E-state index contributed by atoms with van der Waals surface area (Å²) in [6, 6.07) is 0. The van der Waals surface area contributed by atoms with E-state index in [0.29, 0.717) is 6.61 Å². The zero-order valence-electron chi connectivity index (χ0n) is 17.1. The smallest absolute Gasteiger partial charge is 0.320 e. The Balaban J connectivity index is 2.58. The molecule has 0 aliphatic carbocycles. The minimum absolute atomic E-state index is 0.0200. The first-order chi connectivity index (χ1) is 13.0. The van der Waals surface area contributed by atoms with Crippen molar-refractivity contribution in [1.29, 1.82) is 0 Å². The maximum absolute atomic E-state index is 11.8. The van der Waals surface area contributed by atoms with Crippen molar-refractivity contribution in [2.75, 3.05) is 26.9 Å². The van der Waals surface area contributed by atoms with E-state index in [9.17, 15) is 9.59 Å². The van der Waals surface area contributed by atoms with Crippen LogP contribution >= 0.6 is 0 Å². The predicted molar refractivity (Wildman–Crippen MR) is 103 cm³/mol. The summed E-state index contributed by atoms with van der Waals surface area (Å²) in [4.78, 5) is 23.0. The number of esters is 1. The Morgan fingerprint density at radius 1 is 1.07 bits per heavy atom. The highest BCUT2D eigenvalue weighted by molar-refractivity contribution is 5.76. The largest absolute Gasteiger partial charge is 0.456 e. The molecule has 1 rings (SSSR count). The molecule has 1 fully saturated rings. The molecule has 0 aromatic heterocycles. The maximum atomic E-state index is 11.8. The van der Waals surface area contributed by atoms with Crippen molar-refractivity contribution in [3.05, 3.63) is 0 Å². The zero-order chi connectivity index (χ0) is 20.1. The molecule has 2 N–H and O–H groups in total. The van der Waals surface area contributed by atoms with E-state index >= 15 is 0 Å². The number of carbonyl (C=O) groups excluding carboxylic acids is 2. The molecule has 0 spiro atoms. The number of rotatable bonds is 14. The summed E-state index contributed by atoms with van der Waals surface area (Å²) in [5, 5.41) is 0. The van der Waals surface area contributed by atoms with Gasteiger partial charge in [0.1, 0.15) is 18.8 Å². The van der Waals surface area contributed by atoms with Crippen LogP contribution in [0.4, 0.5) is 0 Å². The van der Waals surface area contributed by atoms with E-state index < -0.39 is 24.3 Å². The lowest BCUT2D eigenvalue weighted by atomic mass is 9.95. The summed E-state index contributed by atoms with van der Waals surface area (Å²) < 4.78 is 22.6. The molecular formula is C20H37NO6. The van der Waals surface area contributed by atoms with Crippen molar-refractivity contribution >= 4 is 11.8 Å². The second-order valence-electron chi connectivity index (χ2n) is 7.19. The number of nitrogens with two attached hydrogens (primary N) is 1. The molecule has 1 aliphatic rings. The Labute approximate surface area is 163 Å². The van der Waals surface area contributed by atoms with Crippen LogP contribution in [0.25, 0.3) is 0 Å². The molecular weight excluding hydrogens is 350 g/mol. The lowest BCUT2D eigenvalue weighted by molar-refractivity contribution is -0.223. The van der Waals surface area contributed by atoms with Crippen LogP contribution in [-0.2, 0) is 28.5 Å². The van der Waals surface area contributed by atoms with Gasteiger partial charge in [0.05, 0.1) is 19.3 Å². The highest BCUT2D eigenvalue weighted by atomic mass is 16.6. The molecule has 0 aromatic carbocycles. The number of ketones is 1. The zero-order valence-corrected chi connectivity index (χ0v) is 17.1. The Kier molecular flexibility index (Phi) is 12.5. The highest BCUT2D eigenvalue weighted by Crippen LogP contribution is 2.27. The fourth-order valence-electron chi connectivity index (χ4n) is 3.38. The third-order valence-corrected chi connectivity index (χ3v) is 4.83. The average Bonchev–Trinajstić information content (AvgIpc) is 2.66. The van der Waals surface area contributed by atoms with Crippen molar-refractivity contribution in [1.82, 2.24) is 0 Å². The quantitative estimate of drug-likeness (QED) is 0.361. The van der Waals surface area contributed by atoms with Crippen molar-refractivity contribution in [3.8, 4) is 0 Å². The second-order valence-corrected chi connectivity index (χ2v) is 7.19. The van der Waals surface area contributed by atoms with Gasteiger partial charge in [-0.3, -0.25) is 9.59 Å². The number of hydrogen-bond acceptors (Lipinski definition) is 7. The van der Waals surface area contributed by atoms with Crippen LogP contribution in [0.2, 0.25) is 0 Å². The first-order valence-corrected chi connectivity index (χ1v) is 10.2. The van der Waals surface area contributed by atoms with Crippen LogP contribution in [0.3, 0.4) is 0 Å². The maximum Gasteiger partial charge on any atom is 0.320 e. The van der Waals surface area contributed by atoms with Gasteiger partial charge in [0.15, 0.2) is 11.9 Å². The second kappa shape index (κ2) is 14.0. The van der Waals surface area contributed by atoms with Gasteiger partial charge in [0, 0.05) is 7.11 Å². The van der Waals surface area contributed by atoms with Crippen molar-refractivity contribution in [2.45, 2.75) is 89.6 Å². The van der Waals surface area contributed by atoms with Crippen LogP contribution in [0.5, 0.6) is 0 Å². The van der Waals surface area contributed by atoms with Crippen LogP contribution in [0, 0.1) is 0 Å². The lowest BCUT2D eigenvalue weighted by Crippen LogP contribution is -2.56. The number of hydrogen-bond donors (Lipinski definition) is 1. The molecule has 0 aromatic rings. The van der Waals surface area contributed by atoms with E-state index in [1.54, 1.807) is 7.11 Å². The first-order valence-electron chi connectivity index (χ1n) is 10.2. The van der Waals surface area contributed by atoms with Crippen molar-refractivity contribution in [2.24, 2.45) is 5.73 Å². The van der Waals surface area contributed by atoms with Gasteiger partial charge in [-0.2, -0.15) is 0 Å². The summed E-state index contributed by atoms with van der Waals surface area (Å²) in [5.41, 5.74) is 5.40. The van der Waals surface area contributed by atoms with Gasteiger partial charge in [0.2, 0.25) is 0 Å². The van der Waals surface area contributed by atoms with Crippen LogP contribution < -0.4 is 5.73 Å². The number of ether oxygens (including phenoxy) is 4. The minimum Gasteiger partial charge on any atom is -0.456 e. The molecule has 0 saturated carbocycles.